The lowest BCUT2D eigenvalue weighted by molar-refractivity contribution is 0.607. The van der Waals surface area contributed by atoms with Crippen molar-refractivity contribution < 1.29 is 8.42 Å². The molecule has 19 heavy (non-hydrogen) atoms. The average Bonchev–Trinajstić information content (AvgIpc) is 2.81. The molecule has 0 aliphatic heterocycles. The summed E-state index contributed by atoms with van der Waals surface area (Å²) >= 11 is 7.70. The van der Waals surface area contributed by atoms with Gasteiger partial charge in [0.05, 0.1) is 22.7 Å². The van der Waals surface area contributed by atoms with Crippen LogP contribution in [0.3, 0.4) is 0 Å². The van der Waals surface area contributed by atoms with Gasteiger partial charge in [0.25, 0.3) is 0 Å². The van der Waals surface area contributed by atoms with Gasteiger partial charge in [-0.25, -0.2) is 8.42 Å². The zero-order valence-electron chi connectivity index (χ0n) is 10.2. The Morgan fingerprint density at radius 2 is 2.11 bits per heavy atom. The molecule has 1 aromatic carbocycles. The minimum atomic E-state index is -3.28. The molecule has 0 bridgehead atoms. The van der Waals surface area contributed by atoms with Crippen molar-refractivity contribution in [2.45, 2.75) is 6.54 Å². The largest absolute Gasteiger partial charge is 0.380 e. The Morgan fingerprint density at radius 1 is 1.32 bits per heavy atom. The Kier molecular flexibility index (Phi) is 4.34. The quantitative estimate of drug-likeness (QED) is 0.889. The van der Waals surface area contributed by atoms with Gasteiger partial charge in [-0.2, -0.15) is 11.3 Å². The van der Waals surface area contributed by atoms with E-state index in [2.05, 4.69) is 10.0 Å². The number of anilines is 2. The maximum Gasteiger partial charge on any atom is 0.229 e. The van der Waals surface area contributed by atoms with Gasteiger partial charge in [-0.15, -0.1) is 0 Å². The lowest BCUT2D eigenvalue weighted by Crippen LogP contribution is -2.10. The van der Waals surface area contributed by atoms with Gasteiger partial charge in [-0.05, 0) is 40.6 Å². The van der Waals surface area contributed by atoms with Crippen LogP contribution in [0.1, 0.15) is 5.56 Å². The zero-order chi connectivity index (χ0) is 13.9. The van der Waals surface area contributed by atoms with Gasteiger partial charge in [-0.3, -0.25) is 4.72 Å². The number of thiophene rings is 1. The predicted molar refractivity (Wildman–Crippen MR) is 81.6 cm³/mol. The maximum absolute atomic E-state index is 11.2. The first-order valence-electron chi connectivity index (χ1n) is 5.46. The molecule has 0 fully saturated rings. The van der Waals surface area contributed by atoms with Gasteiger partial charge in [0.1, 0.15) is 0 Å². The summed E-state index contributed by atoms with van der Waals surface area (Å²) in [7, 11) is -3.28. The van der Waals surface area contributed by atoms with Crippen molar-refractivity contribution in [3.8, 4) is 0 Å². The van der Waals surface area contributed by atoms with Gasteiger partial charge in [0, 0.05) is 6.54 Å². The van der Waals surface area contributed by atoms with Crippen LogP contribution in [-0.4, -0.2) is 14.7 Å². The second kappa shape index (κ2) is 5.81. The smallest absolute Gasteiger partial charge is 0.229 e. The molecule has 0 radical (unpaired) electrons. The highest BCUT2D eigenvalue weighted by atomic mass is 35.5. The standard InChI is InChI=1S/C12H13ClN2O2S2/c1-19(16,17)15-10-2-3-11(13)12(6-10)14-7-9-4-5-18-8-9/h2-6,8,14-15H,7H2,1H3. The zero-order valence-corrected chi connectivity index (χ0v) is 12.6. The molecule has 102 valence electrons. The van der Waals surface area contributed by atoms with E-state index < -0.39 is 10.0 Å². The minimum Gasteiger partial charge on any atom is -0.380 e. The van der Waals surface area contributed by atoms with E-state index in [-0.39, 0.29) is 0 Å². The Bertz CT molecular complexity index is 654. The van der Waals surface area contributed by atoms with Crippen molar-refractivity contribution in [2.75, 3.05) is 16.3 Å². The highest BCUT2D eigenvalue weighted by Crippen LogP contribution is 2.26. The van der Waals surface area contributed by atoms with Crippen molar-refractivity contribution in [2.24, 2.45) is 0 Å². The second-order valence-corrected chi connectivity index (χ2v) is 6.99. The summed E-state index contributed by atoms with van der Waals surface area (Å²) in [6.07, 6.45) is 1.11. The first kappa shape index (κ1) is 14.2. The summed E-state index contributed by atoms with van der Waals surface area (Å²) in [5.41, 5.74) is 2.34. The number of halogens is 1. The summed E-state index contributed by atoms with van der Waals surface area (Å²) in [5, 5.41) is 7.77. The lowest BCUT2D eigenvalue weighted by atomic mass is 10.2. The van der Waals surface area contributed by atoms with Crippen molar-refractivity contribution in [1.29, 1.82) is 0 Å². The van der Waals surface area contributed by atoms with E-state index >= 15 is 0 Å². The first-order chi connectivity index (χ1) is 8.94. The highest BCUT2D eigenvalue weighted by Gasteiger charge is 2.06. The van der Waals surface area contributed by atoms with Gasteiger partial charge in [0.15, 0.2) is 0 Å². The molecule has 0 amide bonds. The fraction of sp³-hybridized carbons (Fsp3) is 0.167. The average molecular weight is 317 g/mol. The minimum absolute atomic E-state index is 0.486. The van der Waals surface area contributed by atoms with Crippen molar-refractivity contribution in [3.63, 3.8) is 0 Å². The third-order valence-electron chi connectivity index (χ3n) is 2.33. The Morgan fingerprint density at radius 3 is 2.74 bits per heavy atom. The van der Waals surface area contributed by atoms with E-state index in [4.69, 9.17) is 11.6 Å². The van der Waals surface area contributed by atoms with E-state index in [9.17, 15) is 8.42 Å². The summed E-state index contributed by atoms with van der Waals surface area (Å²) in [4.78, 5) is 0. The Balaban J connectivity index is 2.13. The topological polar surface area (TPSA) is 58.2 Å². The van der Waals surface area contributed by atoms with Crippen LogP contribution in [-0.2, 0) is 16.6 Å². The number of rotatable bonds is 5. The SMILES string of the molecule is CS(=O)(=O)Nc1ccc(Cl)c(NCc2ccsc2)c1. The van der Waals surface area contributed by atoms with Crippen LogP contribution in [0.25, 0.3) is 0 Å². The third-order valence-corrected chi connectivity index (χ3v) is 4.00. The summed E-state index contributed by atoms with van der Waals surface area (Å²) in [5.74, 6) is 0. The number of sulfonamides is 1. The predicted octanol–water partition coefficient (Wildman–Crippen LogP) is 3.39. The van der Waals surface area contributed by atoms with E-state index in [1.165, 1.54) is 0 Å². The normalized spacial score (nSPS) is 11.3. The molecular weight excluding hydrogens is 304 g/mol. The fourth-order valence-corrected chi connectivity index (χ4v) is 2.94. The van der Waals surface area contributed by atoms with Gasteiger partial charge >= 0.3 is 0 Å². The molecule has 0 saturated carbocycles. The van der Waals surface area contributed by atoms with Crippen LogP contribution in [0, 0.1) is 0 Å². The van der Waals surface area contributed by atoms with Crippen LogP contribution >= 0.6 is 22.9 Å². The molecule has 7 heteroatoms. The molecule has 2 rings (SSSR count). The molecule has 1 heterocycles. The molecule has 0 aliphatic carbocycles. The molecule has 2 aromatic rings. The molecule has 0 saturated heterocycles. The highest BCUT2D eigenvalue weighted by molar-refractivity contribution is 7.92. The van der Waals surface area contributed by atoms with Crippen molar-refractivity contribution in [1.82, 2.24) is 0 Å². The number of nitrogens with one attached hydrogen (secondary N) is 2. The monoisotopic (exact) mass is 316 g/mol. The van der Waals surface area contributed by atoms with Gasteiger partial charge in [0.2, 0.25) is 10.0 Å². The van der Waals surface area contributed by atoms with Crippen LogP contribution < -0.4 is 10.0 Å². The number of hydrogen-bond donors (Lipinski definition) is 2. The van der Waals surface area contributed by atoms with Gasteiger partial charge in [-0.1, -0.05) is 11.6 Å². The van der Waals surface area contributed by atoms with E-state index in [1.807, 2.05) is 16.8 Å². The molecule has 0 unspecified atom stereocenters. The van der Waals surface area contributed by atoms with Crippen molar-refractivity contribution in [3.05, 3.63) is 45.6 Å². The fourth-order valence-electron chi connectivity index (χ4n) is 1.53. The maximum atomic E-state index is 11.2. The van der Waals surface area contributed by atoms with Crippen LogP contribution in [0.15, 0.2) is 35.0 Å². The van der Waals surface area contributed by atoms with Gasteiger partial charge < -0.3 is 5.32 Å². The van der Waals surface area contributed by atoms with Crippen molar-refractivity contribution >= 4 is 44.3 Å². The summed E-state index contributed by atoms with van der Waals surface area (Å²) in [6, 6.07) is 6.98. The van der Waals surface area contributed by atoms with E-state index in [0.717, 1.165) is 11.8 Å². The molecule has 2 N–H and O–H groups in total. The molecule has 0 spiro atoms. The molecule has 4 nitrogen and oxygen atoms in total. The molecular formula is C12H13ClN2O2S2. The Hall–Kier alpha value is -1.24. The molecule has 0 atom stereocenters. The van der Waals surface area contributed by atoms with Crippen LogP contribution in [0.5, 0.6) is 0 Å². The van der Waals surface area contributed by atoms with Crippen LogP contribution in [0.4, 0.5) is 11.4 Å². The summed E-state index contributed by atoms with van der Waals surface area (Å²) < 4.78 is 24.8. The lowest BCUT2D eigenvalue weighted by Gasteiger charge is -2.10. The van der Waals surface area contributed by atoms with Crippen LogP contribution in [0.2, 0.25) is 5.02 Å². The first-order valence-corrected chi connectivity index (χ1v) is 8.67. The molecule has 0 aliphatic rings. The second-order valence-electron chi connectivity index (χ2n) is 4.05. The van der Waals surface area contributed by atoms with E-state index in [1.54, 1.807) is 29.5 Å². The summed E-state index contributed by atoms with van der Waals surface area (Å²) in [6.45, 7) is 0.644. The van der Waals surface area contributed by atoms with E-state index in [0.29, 0.717) is 22.9 Å². The number of hydrogen-bond acceptors (Lipinski definition) is 4. The Labute approximate surface area is 121 Å². The number of benzene rings is 1. The molecule has 1 aromatic heterocycles. The third kappa shape index (κ3) is 4.41.